The Bertz CT molecular complexity index is 857. The molecule has 0 fully saturated rings. The largest absolute Gasteiger partial charge is 0.135 e. The van der Waals surface area contributed by atoms with Crippen LogP contribution >= 0.6 is 11.3 Å². The van der Waals surface area contributed by atoms with E-state index < -0.39 is 0 Å². The molecule has 0 saturated heterocycles. The maximum absolute atomic E-state index is 2.22. The van der Waals surface area contributed by atoms with Crippen LogP contribution in [-0.2, 0) is 0 Å². The molecule has 4 rings (SSSR count). The minimum Gasteiger partial charge on any atom is -0.135 e. The van der Waals surface area contributed by atoms with Gasteiger partial charge < -0.3 is 0 Å². The van der Waals surface area contributed by atoms with Gasteiger partial charge in [-0.05, 0) is 23.3 Å². The lowest BCUT2D eigenvalue weighted by Crippen LogP contribution is -1.78. The lowest BCUT2D eigenvalue weighted by atomic mass is 10.00. The summed E-state index contributed by atoms with van der Waals surface area (Å²) in [5.41, 5.74) is 2.62. The van der Waals surface area contributed by atoms with E-state index in [4.69, 9.17) is 0 Å². The predicted molar refractivity (Wildman–Crippen MR) is 96.1 cm³/mol. The van der Waals surface area contributed by atoms with E-state index >= 15 is 0 Å². The van der Waals surface area contributed by atoms with Gasteiger partial charge in [0.2, 0.25) is 0 Å². The van der Waals surface area contributed by atoms with Crippen LogP contribution in [0.5, 0.6) is 0 Å². The summed E-state index contributed by atoms with van der Waals surface area (Å²) in [6.07, 6.45) is 0. The first-order valence-electron chi connectivity index (χ1n) is 7.39. The molecule has 0 unspecified atom stereocenters. The van der Waals surface area contributed by atoms with Gasteiger partial charge in [0.15, 0.2) is 0 Å². The van der Waals surface area contributed by atoms with Crippen LogP contribution in [-0.4, -0.2) is 0 Å². The van der Waals surface area contributed by atoms with Crippen LogP contribution in [0.3, 0.4) is 0 Å². The molecule has 0 nitrogen and oxygen atoms in total. The van der Waals surface area contributed by atoms with Gasteiger partial charge in [0.1, 0.15) is 0 Å². The van der Waals surface area contributed by atoms with Gasteiger partial charge in [-0.3, -0.25) is 0 Å². The van der Waals surface area contributed by atoms with Crippen molar-refractivity contribution < 1.29 is 0 Å². The highest BCUT2D eigenvalue weighted by molar-refractivity contribution is 7.25. The van der Waals surface area contributed by atoms with Gasteiger partial charge in [-0.25, -0.2) is 0 Å². The molecule has 0 amide bonds. The van der Waals surface area contributed by atoms with Crippen molar-refractivity contribution in [3.05, 3.63) is 72.8 Å². The van der Waals surface area contributed by atoms with Crippen molar-refractivity contribution in [2.75, 3.05) is 0 Å². The predicted octanol–water partition coefficient (Wildman–Crippen LogP) is 6.75. The average molecular weight is 290 g/mol. The van der Waals surface area contributed by atoms with E-state index in [9.17, 15) is 0 Å². The molecule has 0 saturated carbocycles. The smallest absolute Gasteiger partial charge is 0.0361 e. The first-order valence-corrected chi connectivity index (χ1v) is 8.21. The number of hydrogen-bond acceptors (Lipinski definition) is 1. The highest BCUT2D eigenvalue weighted by atomic mass is 32.1. The third kappa shape index (κ3) is 2.45. The molecule has 0 spiro atoms. The normalized spacial score (nSPS) is 10.4. The summed E-state index contributed by atoms with van der Waals surface area (Å²) in [5.74, 6) is 0. The summed E-state index contributed by atoms with van der Waals surface area (Å²) in [5, 5.41) is 2.75. The molecule has 21 heavy (non-hydrogen) atoms. The quantitative estimate of drug-likeness (QED) is 0.364. The highest BCUT2D eigenvalue weighted by Gasteiger charge is 2.09. The van der Waals surface area contributed by atoms with Crippen LogP contribution in [0.1, 0.15) is 13.8 Å². The summed E-state index contributed by atoms with van der Waals surface area (Å²) in [6, 6.07) is 25.9. The number of fused-ring (bicyclic) bond motifs is 3. The summed E-state index contributed by atoms with van der Waals surface area (Å²) in [6.45, 7) is 4.00. The Kier molecular flexibility index (Phi) is 4.03. The third-order valence-electron chi connectivity index (χ3n) is 3.49. The zero-order chi connectivity index (χ0) is 14.7. The van der Waals surface area contributed by atoms with Crippen LogP contribution in [0.15, 0.2) is 72.8 Å². The van der Waals surface area contributed by atoms with Gasteiger partial charge in [0, 0.05) is 20.2 Å². The Balaban J connectivity index is 0.000000636. The molecular formula is C20H18S. The summed E-state index contributed by atoms with van der Waals surface area (Å²) in [7, 11) is 0. The van der Waals surface area contributed by atoms with Crippen LogP contribution in [0, 0.1) is 0 Å². The van der Waals surface area contributed by atoms with Gasteiger partial charge in [0.05, 0.1) is 0 Å². The van der Waals surface area contributed by atoms with Crippen LogP contribution < -0.4 is 0 Å². The van der Waals surface area contributed by atoms with Gasteiger partial charge >= 0.3 is 0 Å². The Morgan fingerprint density at radius 1 is 0.619 bits per heavy atom. The summed E-state index contributed by atoms with van der Waals surface area (Å²) >= 11 is 1.87. The van der Waals surface area contributed by atoms with E-state index in [0.717, 1.165) is 0 Å². The molecular weight excluding hydrogens is 272 g/mol. The van der Waals surface area contributed by atoms with Crippen molar-refractivity contribution in [2.24, 2.45) is 0 Å². The van der Waals surface area contributed by atoms with E-state index in [1.807, 2.05) is 25.2 Å². The van der Waals surface area contributed by atoms with E-state index in [-0.39, 0.29) is 0 Å². The molecule has 0 aliphatic carbocycles. The fourth-order valence-corrected chi connectivity index (χ4v) is 3.77. The van der Waals surface area contributed by atoms with Crippen molar-refractivity contribution in [3.8, 4) is 11.1 Å². The maximum Gasteiger partial charge on any atom is 0.0361 e. The first-order chi connectivity index (χ1) is 10.4. The molecule has 0 aliphatic rings. The monoisotopic (exact) mass is 290 g/mol. The molecule has 0 radical (unpaired) electrons. The molecule has 0 N–H and O–H groups in total. The topological polar surface area (TPSA) is 0 Å². The zero-order valence-corrected chi connectivity index (χ0v) is 13.2. The molecule has 0 bridgehead atoms. The van der Waals surface area contributed by atoms with E-state index in [1.54, 1.807) is 0 Å². The summed E-state index contributed by atoms with van der Waals surface area (Å²) < 4.78 is 2.73. The van der Waals surface area contributed by atoms with E-state index in [2.05, 4.69) is 72.8 Å². The van der Waals surface area contributed by atoms with Gasteiger partial charge in [0.25, 0.3) is 0 Å². The van der Waals surface area contributed by atoms with Crippen LogP contribution in [0.2, 0.25) is 0 Å². The zero-order valence-electron chi connectivity index (χ0n) is 12.3. The number of benzene rings is 3. The second kappa shape index (κ2) is 6.11. The minimum absolute atomic E-state index is 1.29. The summed E-state index contributed by atoms with van der Waals surface area (Å²) in [4.78, 5) is 0. The lowest BCUT2D eigenvalue weighted by Gasteiger charge is -2.04. The maximum atomic E-state index is 2.22. The van der Waals surface area contributed by atoms with Gasteiger partial charge in [-0.2, -0.15) is 0 Å². The Hall–Kier alpha value is -2.12. The first kappa shape index (κ1) is 13.8. The molecule has 1 aromatic heterocycles. The van der Waals surface area contributed by atoms with E-state index in [1.165, 1.54) is 31.3 Å². The van der Waals surface area contributed by atoms with Crippen molar-refractivity contribution in [1.82, 2.24) is 0 Å². The van der Waals surface area contributed by atoms with Crippen molar-refractivity contribution in [1.29, 1.82) is 0 Å². The molecule has 1 heteroatoms. The SMILES string of the molecule is CC.c1ccc(-c2cccc3sc4ccccc4c23)cc1. The Morgan fingerprint density at radius 3 is 2.10 bits per heavy atom. The van der Waals surface area contributed by atoms with Crippen molar-refractivity contribution in [3.63, 3.8) is 0 Å². The van der Waals surface area contributed by atoms with E-state index in [0.29, 0.717) is 0 Å². The average Bonchev–Trinajstić information content (AvgIpc) is 2.96. The third-order valence-corrected chi connectivity index (χ3v) is 4.62. The highest BCUT2D eigenvalue weighted by Crippen LogP contribution is 2.39. The fourth-order valence-electron chi connectivity index (χ4n) is 2.63. The lowest BCUT2D eigenvalue weighted by molar-refractivity contribution is 1.50. The molecule has 1 heterocycles. The van der Waals surface area contributed by atoms with Crippen molar-refractivity contribution >= 4 is 31.5 Å². The Labute approximate surface area is 129 Å². The van der Waals surface area contributed by atoms with Crippen LogP contribution in [0.4, 0.5) is 0 Å². The standard InChI is InChI=1S/C18H12S.C2H6/c1-2-7-13(8-3-1)14-10-6-12-17-18(14)15-9-4-5-11-16(15)19-17;1-2/h1-12H;1-2H3. The number of thiophene rings is 1. The molecule has 4 aromatic rings. The van der Waals surface area contributed by atoms with Gasteiger partial charge in [-0.1, -0.05) is 74.5 Å². The van der Waals surface area contributed by atoms with Crippen molar-refractivity contribution in [2.45, 2.75) is 13.8 Å². The number of rotatable bonds is 1. The molecule has 0 atom stereocenters. The van der Waals surface area contributed by atoms with Gasteiger partial charge in [-0.15, -0.1) is 11.3 Å². The second-order valence-corrected chi connectivity index (χ2v) is 5.73. The fraction of sp³-hybridized carbons (Fsp3) is 0.100. The minimum atomic E-state index is 1.29. The Morgan fingerprint density at radius 2 is 1.29 bits per heavy atom. The molecule has 3 aromatic carbocycles. The second-order valence-electron chi connectivity index (χ2n) is 4.64. The van der Waals surface area contributed by atoms with Crippen LogP contribution in [0.25, 0.3) is 31.3 Å². The molecule has 0 aliphatic heterocycles. The molecule has 104 valence electrons. The number of hydrogen-bond donors (Lipinski definition) is 0.